The molecule has 12 rings (SSSR count). The summed E-state index contributed by atoms with van der Waals surface area (Å²) in [4.78, 5) is 4.02. The fourth-order valence-corrected chi connectivity index (χ4v) is 8.77. The summed E-state index contributed by atoms with van der Waals surface area (Å²) >= 11 is 0. The Kier molecular flexibility index (Phi) is 5.78. The van der Waals surface area contributed by atoms with Crippen LogP contribution >= 0.6 is 0 Å². The molecule has 0 spiro atoms. The van der Waals surface area contributed by atoms with Gasteiger partial charge in [0.25, 0.3) is 0 Å². The molecule has 5 nitrogen and oxygen atoms in total. The van der Waals surface area contributed by atoms with Crippen molar-refractivity contribution in [3.8, 4) is 22.5 Å². The minimum Gasteiger partial charge on any atom is -0.456 e. The molecule has 5 heteroatoms. The Hall–Kier alpha value is -7.55. The van der Waals surface area contributed by atoms with Crippen molar-refractivity contribution in [2.24, 2.45) is 0 Å². The van der Waals surface area contributed by atoms with Gasteiger partial charge in [0.05, 0.1) is 34.3 Å². The smallest absolute Gasteiger partial charge is 0.189 e. The van der Waals surface area contributed by atoms with Gasteiger partial charge in [0.2, 0.25) is 0 Å². The second-order valence-electron chi connectivity index (χ2n) is 14.0. The van der Waals surface area contributed by atoms with Crippen molar-refractivity contribution >= 4 is 93.2 Å². The van der Waals surface area contributed by atoms with E-state index in [4.69, 9.17) is 15.4 Å². The summed E-state index contributed by atoms with van der Waals surface area (Å²) in [5.41, 5.74) is 12.4. The normalized spacial score (nSPS) is 12.1. The highest BCUT2D eigenvalue weighted by atomic mass is 16.3. The first kappa shape index (κ1) is 29.1. The molecule has 12 aromatic rings. The molecule has 0 amide bonds. The van der Waals surface area contributed by atoms with E-state index in [1.165, 1.54) is 0 Å². The molecule has 0 saturated carbocycles. The molecule has 0 N–H and O–H groups in total. The molecule has 4 heterocycles. The third-order valence-electron chi connectivity index (χ3n) is 11.1. The van der Waals surface area contributed by atoms with E-state index in [-0.39, 0.29) is 0 Å². The van der Waals surface area contributed by atoms with E-state index in [9.17, 15) is 0 Å². The highest BCUT2D eigenvalue weighted by molar-refractivity contribution is 6.18. The minimum atomic E-state index is 0.576. The van der Waals surface area contributed by atoms with Gasteiger partial charge >= 0.3 is 0 Å². The predicted octanol–water partition coefficient (Wildman–Crippen LogP) is 13.9. The number of aromatic nitrogens is 2. The standard InChI is InChI=1S/C49H27N3O2/c1-50-30-22-29(23-31(24-30)51-42-18-8-3-13-33(42)37-27-48-39(25-44(37)51)35-15-5-10-20-46(35)53-48)32-12-2-7-17-41(32)52-43-19-9-4-14-34(43)38-28-49-40(26-45(38)52)36-16-6-11-21-47(36)54-49/h2-28H. The van der Waals surface area contributed by atoms with Gasteiger partial charge in [0.15, 0.2) is 5.69 Å². The molecule has 0 atom stereocenters. The molecule has 4 aromatic heterocycles. The van der Waals surface area contributed by atoms with Crippen LogP contribution in [0.25, 0.3) is 115 Å². The van der Waals surface area contributed by atoms with Crippen molar-refractivity contribution in [2.45, 2.75) is 0 Å². The first-order chi connectivity index (χ1) is 26.7. The highest BCUT2D eigenvalue weighted by Crippen LogP contribution is 2.43. The van der Waals surface area contributed by atoms with Crippen molar-refractivity contribution in [2.75, 3.05) is 0 Å². The van der Waals surface area contributed by atoms with Crippen LogP contribution in [-0.4, -0.2) is 9.13 Å². The molecule has 250 valence electrons. The van der Waals surface area contributed by atoms with E-state index in [2.05, 4.69) is 141 Å². The highest BCUT2D eigenvalue weighted by Gasteiger charge is 2.21. The van der Waals surface area contributed by atoms with E-state index >= 15 is 0 Å². The molecule has 0 aliphatic carbocycles. The summed E-state index contributed by atoms with van der Waals surface area (Å²) in [6, 6.07) is 57.1. The third kappa shape index (κ3) is 3.97. The molecule has 8 aromatic carbocycles. The molecule has 0 bridgehead atoms. The first-order valence-electron chi connectivity index (χ1n) is 18.0. The van der Waals surface area contributed by atoms with E-state index < -0.39 is 0 Å². The summed E-state index contributed by atoms with van der Waals surface area (Å²) in [5.74, 6) is 0. The van der Waals surface area contributed by atoms with Gasteiger partial charge < -0.3 is 18.0 Å². The van der Waals surface area contributed by atoms with Gasteiger partial charge in [0.1, 0.15) is 22.3 Å². The molecule has 0 saturated heterocycles. The zero-order valence-electron chi connectivity index (χ0n) is 28.7. The van der Waals surface area contributed by atoms with E-state index in [0.717, 1.165) is 110 Å². The Bertz CT molecular complexity index is 3590. The maximum absolute atomic E-state index is 8.25. The first-order valence-corrected chi connectivity index (χ1v) is 18.0. The lowest BCUT2D eigenvalue weighted by atomic mass is 10.0. The predicted molar refractivity (Wildman–Crippen MR) is 221 cm³/mol. The molecule has 0 aliphatic rings. The maximum atomic E-state index is 8.25. The van der Waals surface area contributed by atoms with Gasteiger partial charge in [-0.3, -0.25) is 0 Å². The number of rotatable bonds is 3. The largest absolute Gasteiger partial charge is 0.456 e. The molecular weight excluding hydrogens is 663 g/mol. The van der Waals surface area contributed by atoms with Crippen molar-refractivity contribution in [1.82, 2.24) is 9.13 Å². The lowest BCUT2D eigenvalue weighted by molar-refractivity contribution is 0.669. The quantitative estimate of drug-likeness (QED) is 0.173. The van der Waals surface area contributed by atoms with Crippen molar-refractivity contribution in [1.29, 1.82) is 0 Å². The molecule has 0 aliphatic heterocycles. The summed E-state index contributed by atoms with van der Waals surface area (Å²) in [6.45, 7) is 8.25. The van der Waals surface area contributed by atoms with Crippen LogP contribution in [0.1, 0.15) is 0 Å². The molecule has 0 unspecified atom stereocenters. The van der Waals surface area contributed by atoms with Gasteiger partial charge in [-0.25, -0.2) is 4.85 Å². The van der Waals surface area contributed by atoms with Crippen LogP contribution in [0, 0.1) is 6.57 Å². The Morgan fingerprint density at radius 1 is 0.389 bits per heavy atom. The third-order valence-corrected chi connectivity index (χ3v) is 11.1. The molecule has 0 radical (unpaired) electrons. The fourth-order valence-electron chi connectivity index (χ4n) is 8.77. The zero-order valence-corrected chi connectivity index (χ0v) is 28.7. The van der Waals surface area contributed by atoms with E-state index in [1.807, 2.05) is 36.4 Å². The van der Waals surface area contributed by atoms with Gasteiger partial charge in [-0.2, -0.15) is 0 Å². The summed E-state index contributed by atoms with van der Waals surface area (Å²) in [6.07, 6.45) is 0. The number of nitrogens with zero attached hydrogens (tertiary/aromatic N) is 3. The van der Waals surface area contributed by atoms with E-state index in [0.29, 0.717) is 5.69 Å². The molecule has 0 fully saturated rings. The lowest BCUT2D eigenvalue weighted by Gasteiger charge is -2.16. The minimum absolute atomic E-state index is 0.576. The number of hydrogen-bond donors (Lipinski definition) is 0. The second kappa shape index (κ2) is 10.7. The Morgan fingerprint density at radius 2 is 0.907 bits per heavy atom. The van der Waals surface area contributed by atoms with Crippen LogP contribution in [0.3, 0.4) is 0 Å². The summed E-state index contributed by atoms with van der Waals surface area (Å²) in [5, 5.41) is 8.87. The molecule has 54 heavy (non-hydrogen) atoms. The second-order valence-corrected chi connectivity index (χ2v) is 14.0. The van der Waals surface area contributed by atoms with Gasteiger partial charge in [-0.05, 0) is 78.4 Å². The number of para-hydroxylation sites is 5. The van der Waals surface area contributed by atoms with Gasteiger partial charge in [-0.1, -0.05) is 91.0 Å². The topological polar surface area (TPSA) is 40.5 Å². The van der Waals surface area contributed by atoms with Crippen LogP contribution in [0.5, 0.6) is 0 Å². The van der Waals surface area contributed by atoms with E-state index in [1.54, 1.807) is 0 Å². The van der Waals surface area contributed by atoms with Gasteiger partial charge in [0, 0.05) is 54.3 Å². The van der Waals surface area contributed by atoms with Crippen LogP contribution in [0.15, 0.2) is 173 Å². The van der Waals surface area contributed by atoms with Crippen LogP contribution in [-0.2, 0) is 0 Å². The molecular formula is C49H27N3O2. The van der Waals surface area contributed by atoms with Crippen molar-refractivity contribution in [3.05, 3.63) is 175 Å². The monoisotopic (exact) mass is 689 g/mol. The average molecular weight is 690 g/mol. The van der Waals surface area contributed by atoms with Crippen LogP contribution in [0.2, 0.25) is 0 Å². The van der Waals surface area contributed by atoms with Crippen molar-refractivity contribution < 1.29 is 8.83 Å². The number of benzene rings is 8. The Morgan fingerprint density at radius 3 is 1.54 bits per heavy atom. The SMILES string of the molecule is [C-]#[N+]c1cc(-c2ccccc2-n2c3ccccc3c3cc4oc5ccccc5c4cc32)cc(-n2c3ccccc3c3cc4oc5ccccc5c4cc32)c1. The summed E-state index contributed by atoms with van der Waals surface area (Å²) in [7, 11) is 0. The van der Waals surface area contributed by atoms with Crippen LogP contribution in [0.4, 0.5) is 5.69 Å². The average Bonchev–Trinajstić information content (AvgIpc) is 3.96. The maximum Gasteiger partial charge on any atom is 0.189 e. The van der Waals surface area contributed by atoms with Gasteiger partial charge in [-0.15, -0.1) is 0 Å². The van der Waals surface area contributed by atoms with Crippen LogP contribution < -0.4 is 0 Å². The van der Waals surface area contributed by atoms with Crippen molar-refractivity contribution in [3.63, 3.8) is 0 Å². The number of hydrogen-bond acceptors (Lipinski definition) is 2. The Balaban J connectivity index is 1.13. The summed E-state index contributed by atoms with van der Waals surface area (Å²) < 4.78 is 17.3. The Labute approximate surface area is 307 Å². The lowest BCUT2D eigenvalue weighted by Crippen LogP contribution is -1.98. The number of furan rings is 2. The fraction of sp³-hybridized carbons (Fsp3) is 0. The number of fused-ring (bicyclic) bond motifs is 12. The zero-order chi connectivity index (χ0) is 35.5.